The van der Waals surface area contributed by atoms with Gasteiger partial charge < -0.3 is 62.0 Å². The largest absolute Gasteiger partial charge is 0.508 e. The third-order valence-electron chi connectivity index (χ3n) is 12.7. The van der Waals surface area contributed by atoms with Gasteiger partial charge in [0, 0.05) is 74.1 Å². The van der Waals surface area contributed by atoms with E-state index in [0.29, 0.717) is 54.8 Å². The third-order valence-corrected chi connectivity index (χ3v) is 15.7. The summed E-state index contributed by atoms with van der Waals surface area (Å²) in [7, 11) is 0. The van der Waals surface area contributed by atoms with Crippen molar-refractivity contribution < 1.29 is 58.4 Å². The Kier molecular flexibility index (Phi) is 25.1. The molecule has 3 aromatic carbocycles. The van der Waals surface area contributed by atoms with E-state index in [1.165, 1.54) is 19.1 Å². The number of carbonyl (C=O) groups is 7. The van der Waals surface area contributed by atoms with Crippen molar-refractivity contribution in [3.8, 4) is 29.6 Å². The predicted molar refractivity (Wildman–Crippen MR) is 287 cm³/mol. The highest BCUT2D eigenvalue weighted by Gasteiger charge is 2.43. The average Bonchev–Trinajstić information content (AvgIpc) is 4.15. The van der Waals surface area contributed by atoms with E-state index >= 15 is 0 Å². The number of nitrogens with one attached hydrogen (secondary N) is 7. The van der Waals surface area contributed by atoms with E-state index in [0.717, 1.165) is 74.0 Å². The quantitative estimate of drug-likeness (QED) is 0.0179. The van der Waals surface area contributed by atoms with Gasteiger partial charge in [-0.1, -0.05) is 49.2 Å². The van der Waals surface area contributed by atoms with Crippen molar-refractivity contribution in [2.45, 2.75) is 138 Å². The minimum Gasteiger partial charge on any atom is -0.508 e. The summed E-state index contributed by atoms with van der Waals surface area (Å²) in [5.41, 5.74) is 2.83. The van der Waals surface area contributed by atoms with E-state index in [1.54, 1.807) is 36.4 Å². The van der Waals surface area contributed by atoms with Crippen LogP contribution in [-0.4, -0.2) is 129 Å². The van der Waals surface area contributed by atoms with E-state index in [9.17, 15) is 43.8 Å². The number of fused-ring (bicyclic) bond motifs is 2. The summed E-state index contributed by atoms with van der Waals surface area (Å²) in [6.45, 7) is 1.89. The van der Waals surface area contributed by atoms with Gasteiger partial charge >= 0.3 is 24.0 Å². The number of benzene rings is 3. The van der Waals surface area contributed by atoms with Crippen LogP contribution in [0.3, 0.4) is 0 Å². The van der Waals surface area contributed by atoms with Crippen molar-refractivity contribution in [1.82, 2.24) is 37.2 Å². The fraction of sp³-hybridized carbons (Fsp3) is 0.500. The number of hydrogen-bond donors (Lipinski definition) is 10. The standard InChI is InChI=1S/C22H29N3O7S.C18H25N3O3S.C14H17NO2/c1-13(26)31-12-32-21(29)16(10-14-5-4-6-15(27)9-14)23-19(28)8-3-2-7-18-20-17(11-33-18)24-22(30)25-20;22-13-7-5-12(6-8-13)9-10-19-16(23)4-2-1-3-15-17-14(11-25-15)20-18(24)21-17;1-2-3-4-5-14(17)15-11-10-12-6-8-13(16)9-7-12/h4-6,9,16-18,20,27H,2-3,7-8,10-12H2,1H3,(H,23,28)(H2,24,25,30);5-8,14-15,17,22H,1-4,9-11H2,(H,19,23)(H2,20,21,24);1,6-9,16H,3-5,10-11H2,(H,15,17)/t16?,17-,18-,20-;14-,15-,17-;/m00./s1. The first-order valence-electron chi connectivity index (χ1n) is 25.4. The van der Waals surface area contributed by atoms with Gasteiger partial charge in [-0.2, -0.15) is 23.5 Å². The number of urea groups is 2. The molecule has 7 rings (SSSR count). The van der Waals surface area contributed by atoms with Crippen molar-refractivity contribution in [3.05, 3.63) is 89.5 Å². The van der Waals surface area contributed by atoms with E-state index < -0.39 is 24.8 Å². The van der Waals surface area contributed by atoms with Gasteiger partial charge in [0.2, 0.25) is 24.5 Å². The third kappa shape index (κ3) is 21.9. The van der Waals surface area contributed by atoms with Gasteiger partial charge in [-0.25, -0.2) is 14.4 Å². The van der Waals surface area contributed by atoms with Crippen molar-refractivity contribution in [2.24, 2.45) is 0 Å². The maximum Gasteiger partial charge on any atom is 0.331 e. The van der Waals surface area contributed by atoms with Crippen LogP contribution < -0.4 is 37.2 Å². The number of hydrogen-bond acceptors (Lipinski definition) is 14. The SMILES string of the molecule is C#CCCCC(=O)NCCc1ccc(O)cc1.CC(=O)OCOC(=O)C(Cc1cccc(O)c1)NC(=O)CCCC[C@@H]1SC[C@@H]2NC(=O)N[C@@H]21.O=C(CCCC[C@@H]1SC[C@@H]2NC(=O)N[C@@H]21)NCCc1ccc(O)cc1. The van der Waals surface area contributed by atoms with Gasteiger partial charge in [-0.15, -0.1) is 12.3 Å². The van der Waals surface area contributed by atoms with Crippen LogP contribution in [0.25, 0.3) is 0 Å². The number of unbranched alkanes of at least 4 members (excludes halogenated alkanes) is 3. The lowest BCUT2D eigenvalue weighted by Crippen LogP contribution is -2.43. The predicted octanol–water partition coefficient (Wildman–Crippen LogP) is 4.84. The van der Waals surface area contributed by atoms with Gasteiger partial charge in [0.15, 0.2) is 0 Å². The molecule has 4 saturated heterocycles. The Labute approximate surface area is 447 Å². The number of thioether (sulfide) groups is 2. The van der Waals surface area contributed by atoms with Crippen molar-refractivity contribution in [1.29, 1.82) is 0 Å². The number of carbonyl (C=O) groups excluding carboxylic acids is 7. The van der Waals surface area contributed by atoms with Crippen molar-refractivity contribution >= 4 is 65.2 Å². The second-order valence-corrected chi connectivity index (χ2v) is 21.1. The fourth-order valence-corrected chi connectivity index (χ4v) is 11.8. The van der Waals surface area contributed by atoms with Crippen LogP contribution in [0.2, 0.25) is 0 Å². The van der Waals surface area contributed by atoms with Crippen LogP contribution in [0.4, 0.5) is 9.59 Å². The van der Waals surface area contributed by atoms with Crippen molar-refractivity contribution in [3.63, 3.8) is 0 Å². The second kappa shape index (κ2) is 31.8. The maximum absolute atomic E-state index is 12.5. The molecule has 7 atom stereocenters. The lowest BCUT2D eigenvalue weighted by atomic mass is 10.0. The zero-order chi connectivity index (χ0) is 54.0. The molecule has 0 radical (unpaired) electrons. The molecule has 0 spiro atoms. The number of phenols is 3. The van der Waals surface area contributed by atoms with Crippen LogP contribution in [0.5, 0.6) is 17.2 Å². The fourth-order valence-electron chi connectivity index (χ4n) is 8.74. The molecule has 21 heteroatoms. The lowest BCUT2D eigenvalue weighted by Gasteiger charge is -2.18. The van der Waals surface area contributed by atoms with Crippen LogP contribution in [0.1, 0.15) is 94.2 Å². The number of amides is 7. The highest BCUT2D eigenvalue weighted by atomic mass is 32.2. The summed E-state index contributed by atoms with van der Waals surface area (Å²) in [6.07, 6.45) is 14.7. The van der Waals surface area contributed by atoms with Gasteiger partial charge in [0.25, 0.3) is 0 Å². The number of ether oxygens (including phenoxy) is 2. The first kappa shape index (κ1) is 59.1. The van der Waals surface area contributed by atoms with E-state index in [-0.39, 0.29) is 84.0 Å². The zero-order valence-corrected chi connectivity index (χ0v) is 43.9. The Morgan fingerprint density at radius 3 is 1.65 bits per heavy atom. The summed E-state index contributed by atoms with van der Waals surface area (Å²) in [6, 6.07) is 20.1. The summed E-state index contributed by atoms with van der Waals surface area (Å²) in [5, 5.41) is 49.1. The number of aromatic hydroxyl groups is 3. The first-order chi connectivity index (χ1) is 36.1. The van der Waals surface area contributed by atoms with Crippen LogP contribution >= 0.6 is 23.5 Å². The Bertz CT molecular complexity index is 2390. The molecule has 75 heavy (non-hydrogen) atoms. The lowest BCUT2D eigenvalue weighted by molar-refractivity contribution is -0.167. The topological polar surface area (TPSA) is 283 Å². The van der Waals surface area contributed by atoms with E-state index in [2.05, 4.69) is 47.9 Å². The smallest absolute Gasteiger partial charge is 0.331 e. The Balaban J connectivity index is 0.000000219. The summed E-state index contributed by atoms with van der Waals surface area (Å²) in [5.74, 6) is 3.45. The molecular weight excluding hydrogens is 1000 g/mol. The molecule has 19 nitrogen and oxygen atoms in total. The molecule has 0 aliphatic carbocycles. The maximum atomic E-state index is 12.5. The summed E-state index contributed by atoms with van der Waals surface area (Å²) in [4.78, 5) is 81.9. The van der Waals surface area contributed by atoms with Gasteiger partial charge in [0.05, 0.1) is 24.2 Å². The molecule has 4 fully saturated rings. The minimum absolute atomic E-state index is 0.0408. The molecule has 4 aliphatic rings. The second-order valence-electron chi connectivity index (χ2n) is 18.5. The van der Waals surface area contributed by atoms with Crippen LogP contribution in [0.15, 0.2) is 72.8 Å². The average molecular weight is 1070 g/mol. The number of rotatable bonds is 25. The van der Waals surface area contributed by atoms with Gasteiger partial charge in [0.1, 0.15) is 23.3 Å². The van der Waals surface area contributed by atoms with Crippen molar-refractivity contribution in [2.75, 3.05) is 31.4 Å². The summed E-state index contributed by atoms with van der Waals surface area (Å²) < 4.78 is 9.59. The molecule has 10 N–H and O–H groups in total. The van der Waals surface area contributed by atoms with Gasteiger partial charge in [-0.05, 0) is 98.0 Å². The Morgan fingerprint density at radius 2 is 1.16 bits per heavy atom. The van der Waals surface area contributed by atoms with Gasteiger partial charge in [-0.3, -0.25) is 19.2 Å². The normalized spacial score (nSPS) is 20.0. The highest BCUT2D eigenvalue weighted by molar-refractivity contribution is 8.00. The first-order valence-corrected chi connectivity index (χ1v) is 27.5. The summed E-state index contributed by atoms with van der Waals surface area (Å²) >= 11 is 3.74. The molecule has 0 bridgehead atoms. The number of phenolic OH excluding ortho intramolecular Hbond substituents is 3. The molecule has 1 unspecified atom stereocenters. The number of esters is 2. The molecule has 4 aliphatic heterocycles. The molecule has 406 valence electrons. The molecule has 3 aromatic rings. The molecule has 7 amide bonds. The Morgan fingerprint density at radius 1 is 0.653 bits per heavy atom. The van der Waals surface area contributed by atoms with E-state index in [1.807, 2.05) is 47.8 Å². The van der Waals surface area contributed by atoms with Crippen LogP contribution in [0, 0.1) is 12.3 Å². The number of terminal acetylenes is 1. The molecule has 4 heterocycles. The highest BCUT2D eigenvalue weighted by Crippen LogP contribution is 2.34. The monoisotopic (exact) mass is 1070 g/mol. The molecular formula is C54H71N7O12S2. The van der Waals surface area contributed by atoms with Crippen LogP contribution in [-0.2, 0) is 52.7 Å². The van der Waals surface area contributed by atoms with E-state index in [4.69, 9.17) is 16.3 Å². The zero-order valence-electron chi connectivity index (χ0n) is 42.3. The Hall–Kier alpha value is -6.79. The molecule has 0 saturated carbocycles. The minimum atomic E-state index is -0.985. The molecule has 0 aromatic heterocycles.